The molecule has 0 bridgehead atoms. The van der Waals surface area contributed by atoms with Crippen molar-refractivity contribution in [3.05, 3.63) is 58.3 Å². The maximum atomic E-state index is 5.78. The second-order valence-electron chi connectivity index (χ2n) is 5.45. The number of rotatable bonds is 2. The molecule has 3 aromatic rings. The van der Waals surface area contributed by atoms with Crippen molar-refractivity contribution in [2.45, 2.75) is 18.3 Å². The summed E-state index contributed by atoms with van der Waals surface area (Å²) in [4.78, 5) is 8.26. The Labute approximate surface area is 125 Å². The summed E-state index contributed by atoms with van der Waals surface area (Å²) < 4.78 is 1.07. The number of aromatic nitrogens is 2. The van der Waals surface area contributed by atoms with E-state index >= 15 is 0 Å². The molecular formula is C16H14BrN3. The third-order valence-corrected chi connectivity index (χ3v) is 4.60. The van der Waals surface area contributed by atoms with Crippen LogP contribution in [-0.4, -0.2) is 9.97 Å². The molecule has 0 unspecified atom stereocenters. The molecule has 1 aliphatic rings. The zero-order chi connectivity index (χ0) is 13.7. The Kier molecular flexibility index (Phi) is 2.45. The number of aromatic amines is 1. The number of hydrogen-bond donors (Lipinski definition) is 2. The Morgan fingerprint density at radius 2 is 1.85 bits per heavy atom. The van der Waals surface area contributed by atoms with Crippen LogP contribution < -0.4 is 5.73 Å². The highest BCUT2D eigenvalue weighted by Crippen LogP contribution is 2.52. The Bertz CT molecular complexity index is 785. The van der Waals surface area contributed by atoms with Gasteiger partial charge in [-0.15, -0.1) is 0 Å². The molecule has 1 aliphatic carbocycles. The Morgan fingerprint density at radius 3 is 2.55 bits per heavy atom. The molecule has 1 aromatic heterocycles. The molecule has 0 atom stereocenters. The van der Waals surface area contributed by atoms with Crippen molar-refractivity contribution >= 4 is 32.7 Å². The van der Waals surface area contributed by atoms with Crippen molar-refractivity contribution in [3.63, 3.8) is 0 Å². The number of nitrogens with two attached hydrogens (primary N) is 1. The van der Waals surface area contributed by atoms with Crippen LogP contribution in [0.1, 0.15) is 24.2 Å². The summed E-state index contributed by atoms with van der Waals surface area (Å²) in [6.45, 7) is 0. The number of nitrogen functional groups attached to an aromatic ring is 1. The van der Waals surface area contributed by atoms with Gasteiger partial charge in [-0.25, -0.2) is 4.98 Å². The molecule has 100 valence electrons. The second kappa shape index (κ2) is 4.09. The first-order valence-corrected chi connectivity index (χ1v) is 7.48. The molecule has 0 saturated heterocycles. The van der Waals surface area contributed by atoms with Crippen molar-refractivity contribution in [3.8, 4) is 0 Å². The predicted octanol–water partition coefficient (Wildman–Crippen LogP) is 3.99. The molecule has 20 heavy (non-hydrogen) atoms. The van der Waals surface area contributed by atoms with Crippen LogP contribution in [0.2, 0.25) is 0 Å². The fraction of sp³-hybridized carbons (Fsp3) is 0.188. The third-order valence-electron chi connectivity index (χ3n) is 4.11. The van der Waals surface area contributed by atoms with Crippen LogP contribution in [0.3, 0.4) is 0 Å². The average molecular weight is 328 g/mol. The normalized spacial score (nSPS) is 16.4. The minimum absolute atomic E-state index is 0.0548. The molecule has 2 aromatic carbocycles. The highest BCUT2D eigenvalue weighted by Gasteiger charge is 2.48. The van der Waals surface area contributed by atoms with Gasteiger partial charge in [-0.05, 0) is 48.7 Å². The lowest BCUT2D eigenvalue weighted by atomic mass is 9.95. The van der Waals surface area contributed by atoms with Gasteiger partial charge in [0.2, 0.25) is 0 Å². The molecule has 0 amide bonds. The number of hydrogen-bond acceptors (Lipinski definition) is 2. The van der Waals surface area contributed by atoms with Crippen molar-refractivity contribution in [2.24, 2.45) is 0 Å². The summed E-state index contributed by atoms with van der Waals surface area (Å²) in [5.74, 6) is 1.07. The Balaban J connectivity index is 1.83. The fourth-order valence-electron chi connectivity index (χ4n) is 2.80. The van der Waals surface area contributed by atoms with Gasteiger partial charge in [-0.3, -0.25) is 0 Å². The first-order chi connectivity index (χ1) is 9.67. The lowest BCUT2D eigenvalue weighted by Crippen LogP contribution is -2.10. The standard InChI is InChI=1S/C16H14BrN3/c17-11-3-6-13-14(9-11)20-15(19-13)16(7-8-16)10-1-4-12(18)5-2-10/h1-6,9H,7-8,18H2,(H,19,20). The molecule has 1 heterocycles. The smallest absolute Gasteiger partial charge is 0.117 e. The molecule has 4 rings (SSSR count). The van der Waals surface area contributed by atoms with E-state index in [1.165, 1.54) is 5.56 Å². The summed E-state index contributed by atoms with van der Waals surface area (Å²) >= 11 is 3.50. The summed E-state index contributed by atoms with van der Waals surface area (Å²) in [5.41, 5.74) is 10.0. The van der Waals surface area contributed by atoms with Crippen LogP contribution in [-0.2, 0) is 5.41 Å². The van der Waals surface area contributed by atoms with Crippen LogP contribution in [0.25, 0.3) is 11.0 Å². The van der Waals surface area contributed by atoms with Gasteiger partial charge in [0.15, 0.2) is 0 Å². The summed E-state index contributed by atoms with van der Waals surface area (Å²) in [6.07, 6.45) is 2.27. The van der Waals surface area contributed by atoms with E-state index < -0.39 is 0 Å². The van der Waals surface area contributed by atoms with Gasteiger partial charge in [0, 0.05) is 10.2 Å². The zero-order valence-corrected chi connectivity index (χ0v) is 12.4. The van der Waals surface area contributed by atoms with E-state index in [0.29, 0.717) is 0 Å². The number of fused-ring (bicyclic) bond motifs is 1. The second-order valence-corrected chi connectivity index (χ2v) is 6.37. The topological polar surface area (TPSA) is 54.7 Å². The van der Waals surface area contributed by atoms with Crippen LogP contribution in [0, 0.1) is 0 Å². The fourth-order valence-corrected chi connectivity index (χ4v) is 3.16. The van der Waals surface area contributed by atoms with Crippen molar-refractivity contribution in [1.29, 1.82) is 0 Å². The highest BCUT2D eigenvalue weighted by molar-refractivity contribution is 9.10. The van der Waals surface area contributed by atoms with Gasteiger partial charge in [0.25, 0.3) is 0 Å². The number of anilines is 1. The third kappa shape index (κ3) is 1.75. The largest absolute Gasteiger partial charge is 0.399 e. The quantitative estimate of drug-likeness (QED) is 0.699. The van der Waals surface area contributed by atoms with Gasteiger partial charge in [-0.2, -0.15) is 0 Å². The molecule has 3 N–H and O–H groups in total. The van der Waals surface area contributed by atoms with Crippen LogP contribution in [0.4, 0.5) is 5.69 Å². The van der Waals surface area contributed by atoms with E-state index in [1.807, 2.05) is 24.3 Å². The molecule has 1 fully saturated rings. The lowest BCUT2D eigenvalue weighted by molar-refractivity contribution is 0.779. The molecule has 1 saturated carbocycles. The maximum Gasteiger partial charge on any atom is 0.117 e. The van der Waals surface area contributed by atoms with Crippen LogP contribution >= 0.6 is 15.9 Å². The van der Waals surface area contributed by atoms with Crippen molar-refractivity contribution in [2.75, 3.05) is 5.73 Å². The number of H-pyrrole nitrogens is 1. The number of benzene rings is 2. The van der Waals surface area contributed by atoms with E-state index in [2.05, 4.69) is 39.1 Å². The molecular weight excluding hydrogens is 314 g/mol. The van der Waals surface area contributed by atoms with Gasteiger partial charge in [0.1, 0.15) is 5.82 Å². The zero-order valence-electron chi connectivity index (χ0n) is 10.9. The molecule has 4 heteroatoms. The Morgan fingerprint density at radius 1 is 1.10 bits per heavy atom. The number of imidazole rings is 1. The Hall–Kier alpha value is -1.81. The van der Waals surface area contributed by atoms with E-state index in [1.54, 1.807) is 0 Å². The number of halogens is 1. The minimum atomic E-state index is 0.0548. The highest BCUT2D eigenvalue weighted by atomic mass is 79.9. The van der Waals surface area contributed by atoms with Crippen LogP contribution in [0.15, 0.2) is 46.9 Å². The summed E-state index contributed by atoms with van der Waals surface area (Å²) in [6, 6.07) is 14.3. The first kappa shape index (κ1) is 12.0. The minimum Gasteiger partial charge on any atom is -0.399 e. The lowest BCUT2D eigenvalue weighted by Gasteiger charge is -2.12. The molecule has 0 radical (unpaired) electrons. The van der Waals surface area contributed by atoms with Gasteiger partial charge < -0.3 is 10.7 Å². The van der Waals surface area contributed by atoms with Crippen molar-refractivity contribution < 1.29 is 0 Å². The van der Waals surface area contributed by atoms with Gasteiger partial charge in [0.05, 0.1) is 16.4 Å². The first-order valence-electron chi connectivity index (χ1n) is 6.69. The molecule has 0 spiro atoms. The molecule has 0 aliphatic heterocycles. The maximum absolute atomic E-state index is 5.78. The van der Waals surface area contributed by atoms with Gasteiger partial charge >= 0.3 is 0 Å². The van der Waals surface area contributed by atoms with E-state index in [0.717, 1.165) is 39.9 Å². The monoisotopic (exact) mass is 327 g/mol. The number of nitrogens with one attached hydrogen (secondary N) is 1. The van der Waals surface area contributed by atoms with E-state index in [9.17, 15) is 0 Å². The van der Waals surface area contributed by atoms with Crippen molar-refractivity contribution in [1.82, 2.24) is 9.97 Å². The average Bonchev–Trinajstić information content (AvgIpc) is 3.14. The van der Waals surface area contributed by atoms with Gasteiger partial charge in [-0.1, -0.05) is 28.1 Å². The van der Waals surface area contributed by atoms with E-state index in [4.69, 9.17) is 10.7 Å². The number of nitrogens with zero attached hydrogens (tertiary/aromatic N) is 1. The SMILES string of the molecule is Nc1ccc(C2(c3nc4ccc(Br)cc4[nH]3)CC2)cc1. The summed E-state index contributed by atoms with van der Waals surface area (Å²) in [7, 11) is 0. The molecule has 3 nitrogen and oxygen atoms in total. The predicted molar refractivity (Wildman–Crippen MR) is 84.7 cm³/mol. The van der Waals surface area contributed by atoms with Crippen LogP contribution in [0.5, 0.6) is 0 Å². The van der Waals surface area contributed by atoms with E-state index in [-0.39, 0.29) is 5.41 Å². The summed E-state index contributed by atoms with van der Waals surface area (Å²) in [5, 5.41) is 0.